The first-order valence-electron chi connectivity index (χ1n) is 8.34. The number of fused-ring (bicyclic) bond motifs is 2. The van der Waals surface area contributed by atoms with Gasteiger partial charge in [0, 0.05) is 12.1 Å². The average molecular weight is 424 g/mol. The summed E-state index contributed by atoms with van der Waals surface area (Å²) in [5, 5.41) is -0.431. The van der Waals surface area contributed by atoms with E-state index >= 15 is 0 Å². The first kappa shape index (κ1) is 16.8. The molecule has 0 saturated carbocycles. The SMILES string of the molecule is O=C(c1ccc(Br)o1)N1C2CCC1CC(S(=O)(=O)c1ccccc1)C2. The quantitative estimate of drug-likeness (QED) is 0.755. The Kier molecular flexibility index (Phi) is 4.24. The van der Waals surface area contributed by atoms with Crippen molar-refractivity contribution in [2.75, 3.05) is 0 Å². The molecule has 2 aliphatic heterocycles. The van der Waals surface area contributed by atoms with Gasteiger partial charge in [-0.3, -0.25) is 4.79 Å². The molecule has 3 heterocycles. The number of hydrogen-bond donors (Lipinski definition) is 0. The lowest BCUT2D eigenvalue weighted by molar-refractivity contribution is 0.0564. The summed E-state index contributed by atoms with van der Waals surface area (Å²) in [5.41, 5.74) is 0. The Morgan fingerprint density at radius 3 is 2.24 bits per heavy atom. The molecule has 1 aromatic carbocycles. The largest absolute Gasteiger partial charge is 0.444 e. The maximum absolute atomic E-state index is 12.9. The number of sulfone groups is 1. The Morgan fingerprint density at radius 2 is 1.68 bits per heavy atom. The van der Waals surface area contributed by atoms with Crippen LogP contribution >= 0.6 is 15.9 Å². The summed E-state index contributed by atoms with van der Waals surface area (Å²) in [7, 11) is -3.37. The molecule has 132 valence electrons. The lowest BCUT2D eigenvalue weighted by Crippen LogP contribution is -2.49. The second-order valence-electron chi connectivity index (χ2n) is 6.65. The highest BCUT2D eigenvalue weighted by atomic mass is 79.9. The molecule has 2 fully saturated rings. The van der Waals surface area contributed by atoms with Crippen LogP contribution in [0.25, 0.3) is 0 Å². The van der Waals surface area contributed by atoms with E-state index in [0.29, 0.717) is 28.2 Å². The fourth-order valence-corrected chi connectivity index (χ4v) is 6.25. The highest BCUT2D eigenvalue weighted by Gasteiger charge is 2.47. The van der Waals surface area contributed by atoms with Gasteiger partial charge in [-0.05, 0) is 65.9 Å². The molecule has 1 amide bonds. The van der Waals surface area contributed by atoms with Crippen LogP contribution in [0.1, 0.15) is 36.2 Å². The first-order valence-corrected chi connectivity index (χ1v) is 10.7. The molecule has 0 radical (unpaired) electrons. The summed E-state index contributed by atoms with van der Waals surface area (Å²) in [6.45, 7) is 0. The van der Waals surface area contributed by atoms with Gasteiger partial charge < -0.3 is 9.32 Å². The maximum atomic E-state index is 12.9. The molecular weight excluding hydrogens is 406 g/mol. The molecule has 5 nitrogen and oxygen atoms in total. The zero-order chi connectivity index (χ0) is 17.6. The minimum absolute atomic E-state index is 0.0430. The van der Waals surface area contributed by atoms with Gasteiger partial charge in [0.15, 0.2) is 20.3 Å². The van der Waals surface area contributed by atoms with Crippen LogP contribution in [-0.2, 0) is 9.84 Å². The van der Waals surface area contributed by atoms with Crippen molar-refractivity contribution in [3.8, 4) is 0 Å². The van der Waals surface area contributed by atoms with E-state index in [2.05, 4.69) is 15.9 Å². The van der Waals surface area contributed by atoms with Crippen molar-refractivity contribution in [3.05, 3.63) is 52.9 Å². The number of hydrogen-bond acceptors (Lipinski definition) is 4. The van der Waals surface area contributed by atoms with Crippen molar-refractivity contribution in [1.82, 2.24) is 4.90 Å². The van der Waals surface area contributed by atoms with Crippen molar-refractivity contribution >= 4 is 31.7 Å². The van der Waals surface area contributed by atoms with Crippen LogP contribution in [0.2, 0.25) is 0 Å². The van der Waals surface area contributed by atoms with E-state index in [1.54, 1.807) is 36.4 Å². The Hall–Kier alpha value is -1.60. The molecular formula is C18H18BrNO4S. The zero-order valence-electron chi connectivity index (χ0n) is 13.5. The number of carbonyl (C=O) groups excluding carboxylic acids is 1. The van der Waals surface area contributed by atoms with Crippen molar-refractivity contribution in [1.29, 1.82) is 0 Å². The van der Waals surface area contributed by atoms with Crippen LogP contribution in [0, 0.1) is 0 Å². The molecule has 2 aromatic rings. The van der Waals surface area contributed by atoms with Crippen LogP contribution < -0.4 is 0 Å². The fourth-order valence-electron chi connectivity index (χ4n) is 4.07. The van der Waals surface area contributed by atoms with Gasteiger partial charge in [-0.25, -0.2) is 8.42 Å². The average Bonchev–Trinajstić information content (AvgIpc) is 3.15. The molecule has 2 bridgehead atoms. The molecule has 2 saturated heterocycles. The number of nitrogens with zero attached hydrogens (tertiary/aromatic N) is 1. The second kappa shape index (κ2) is 6.29. The van der Waals surface area contributed by atoms with Gasteiger partial charge >= 0.3 is 0 Å². The summed E-state index contributed by atoms with van der Waals surface area (Å²) in [6, 6.07) is 11.9. The normalized spacial score (nSPS) is 26.0. The Labute approximate surface area is 155 Å². The van der Waals surface area contributed by atoms with E-state index in [1.807, 2.05) is 11.0 Å². The molecule has 2 atom stereocenters. The van der Waals surface area contributed by atoms with Crippen LogP contribution in [0.5, 0.6) is 0 Å². The fraction of sp³-hybridized carbons (Fsp3) is 0.389. The van der Waals surface area contributed by atoms with Crippen LogP contribution in [0.15, 0.2) is 56.4 Å². The van der Waals surface area contributed by atoms with Crippen molar-refractivity contribution in [2.45, 2.75) is 47.9 Å². The summed E-state index contributed by atoms with van der Waals surface area (Å²) in [4.78, 5) is 15.0. The van der Waals surface area contributed by atoms with Gasteiger partial charge in [0.2, 0.25) is 0 Å². The van der Waals surface area contributed by atoms with E-state index in [9.17, 15) is 13.2 Å². The Balaban J connectivity index is 1.57. The number of furan rings is 1. The van der Waals surface area contributed by atoms with Gasteiger partial charge in [-0.1, -0.05) is 18.2 Å². The van der Waals surface area contributed by atoms with E-state index in [-0.39, 0.29) is 18.0 Å². The number of piperidine rings is 1. The molecule has 0 spiro atoms. The molecule has 2 unspecified atom stereocenters. The highest BCUT2D eigenvalue weighted by Crippen LogP contribution is 2.40. The smallest absolute Gasteiger partial charge is 0.290 e. The van der Waals surface area contributed by atoms with Gasteiger partial charge in [0.25, 0.3) is 5.91 Å². The second-order valence-corrected chi connectivity index (χ2v) is 9.66. The Morgan fingerprint density at radius 1 is 1.04 bits per heavy atom. The maximum Gasteiger partial charge on any atom is 0.290 e. The minimum Gasteiger partial charge on any atom is -0.444 e. The van der Waals surface area contributed by atoms with E-state index in [4.69, 9.17) is 4.42 Å². The van der Waals surface area contributed by atoms with Crippen LogP contribution in [0.3, 0.4) is 0 Å². The number of benzene rings is 1. The number of rotatable bonds is 3. The topological polar surface area (TPSA) is 67.6 Å². The van der Waals surface area contributed by atoms with Crippen molar-refractivity contribution in [3.63, 3.8) is 0 Å². The third kappa shape index (κ3) is 2.93. The monoisotopic (exact) mass is 423 g/mol. The summed E-state index contributed by atoms with van der Waals surface area (Å²) in [5.74, 6) is 0.155. The van der Waals surface area contributed by atoms with Crippen LogP contribution in [0.4, 0.5) is 0 Å². The molecule has 0 N–H and O–H groups in total. The number of carbonyl (C=O) groups is 1. The predicted molar refractivity (Wildman–Crippen MR) is 96.0 cm³/mol. The molecule has 1 aromatic heterocycles. The standard InChI is InChI=1S/C18H18BrNO4S/c19-17-9-8-16(24-17)18(21)20-12-6-7-13(20)11-15(10-12)25(22,23)14-4-2-1-3-5-14/h1-5,8-9,12-13,15H,6-7,10-11H2. The van der Waals surface area contributed by atoms with Gasteiger partial charge in [0.05, 0.1) is 10.1 Å². The van der Waals surface area contributed by atoms with E-state index in [1.165, 1.54) is 0 Å². The summed E-state index contributed by atoms with van der Waals surface area (Å²) < 4.78 is 31.8. The number of halogens is 1. The summed E-state index contributed by atoms with van der Waals surface area (Å²) >= 11 is 3.22. The van der Waals surface area contributed by atoms with Crippen molar-refractivity contribution < 1.29 is 17.6 Å². The minimum atomic E-state index is -3.37. The molecule has 2 aliphatic rings. The van der Waals surface area contributed by atoms with Gasteiger partial charge in [-0.15, -0.1) is 0 Å². The Bertz CT molecular complexity index is 879. The molecule has 4 rings (SSSR count). The summed E-state index contributed by atoms with van der Waals surface area (Å²) in [6.07, 6.45) is 2.67. The first-order chi connectivity index (χ1) is 12.0. The van der Waals surface area contributed by atoms with E-state index < -0.39 is 15.1 Å². The predicted octanol–water partition coefficient (Wildman–Crippen LogP) is 3.65. The zero-order valence-corrected chi connectivity index (χ0v) is 15.9. The third-order valence-electron chi connectivity index (χ3n) is 5.22. The molecule has 25 heavy (non-hydrogen) atoms. The molecule has 7 heteroatoms. The lowest BCUT2D eigenvalue weighted by atomic mass is 10.0. The lowest BCUT2D eigenvalue weighted by Gasteiger charge is -2.38. The van der Waals surface area contributed by atoms with Crippen LogP contribution in [-0.4, -0.2) is 36.6 Å². The highest BCUT2D eigenvalue weighted by molar-refractivity contribution is 9.10. The van der Waals surface area contributed by atoms with Gasteiger partial charge in [-0.2, -0.15) is 0 Å². The number of amides is 1. The van der Waals surface area contributed by atoms with E-state index in [0.717, 1.165) is 12.8 Å². The van der Waals surface area contributed by atoms with Gasteiger partial charge in [0.1, 0.15) is 0 Å². The molecule has 0 aliphatic carbocycles. The van der Waals surface area contributed by atoms with Crippen molar-refractivity contribution in [2.24, 2.45) is 0 Å². The third-order valence-corrected chi connectivity index (χ3v) is 7.84.